The standard InChI is InChI=1S/C15H26N2O3S/c1-11-9-17(10-12(2)21-11)14(20)16-15(8-13(18)19)6-4-3-5-7-15/h11-12H,3-10H2,1-2H3,(H,16,20)(H,18,19). The van der Waals surface area contributed by atoms with Crippen LogP contribution in [-0.2, 0) is 4.79 Å². The summed E-state index contributed by atoms with van der Waals surface area (Å²) in [5.74, 6) is -0.826. The molecule has 1 saturated heterocycles. The molecular weight excluding hydrogens is 288 g/mol. The summed E-state index contributed by atoms with van der Waals surface area (Å²) in [5.41, 5.74) is -0.543. The molecule has 0 bridgehead atoms. The Kier molecular flexibility index (Phi) is 5.41. The van der Waals surface area contributed by atoms with Crippen molar-refractivity contribution in [3.63, 3.8) is 0 Å². The van der Waals surface area contributed by atoms with Gasteiger partial charge in [0.05, 0.1) is 12.0 Å². The van der Waals surface area contributed by atoms with Crippen LogP contribution in [0.1, 0.15) is 52.4 Å². The van der Waals surface area contributed by atoms with Crippen LogP contribution in [0, 0.1) is 0 Å². The maximum Gasteiger partial charge on any atom is 0.317 e. The first-order valence-electron chi connectivity index (χ1n) is 7.84. The molecule has 2 atom stereocenters. The molecule has 1 heterocycles. The third kappa shape index (κ3) is 4.53. The van der Waals surface area contributed by atoms with Gasteiger partial charge in [-0.05, 0) is 12.8 Å². The second-order valence-electron chi connectivity index (χ2n) is 6.50. The van der Waals surface area contributed by atoms with Crippen molar-refractivity contribution in [3.8, 4) is 0 Å². The van der Waals surface area contributed by atoms with E-state index >= 15 is 0 Å². The Labute approximate surface area is 130 Å². The summed E-state index contributed by atoms with van der Waals surface area (Å²) >= 11 is 1.90. The van der Waals surface area contributed by atoms with Gasteiger partial charge in [0.1, 0.15) is 0 Å². The van der Waals surface area contributed by atoms with Crippen LogP contribution >= 0.6 is 11.8 Å². The third-order valence-corrected chi connectivity index (χ3v) is 5.61. The van der Waals surface area contributed by atoms with Crippen molar-refractivity contribution in [1.82, 2.24) is 10.2 Å². The van der Waals surface area contributed by atoms with E-state index in [4.69, 9.17) is 0 Å². The lowest BCUT2D eigenvalue weighted by Gasteiger charge is -2.41. The van der Waals surface area contributed by atoms with Crippen LogP contribution in [0.15, 0.2) is 0 Å². The minimum Gasteiger partial charge on any atom is -0.481 e. The van der Waals surface area contributed by atoms with Gasteiger partial charge >= 0.3 is 12.0 Å². The molecule has 0 aromatic heterocycles. The van der Waals surface area contributed by atoms with Crippen molar-refractivity contribution in [2.24, 2.45) is 0 Å². The van der Waals surface area contributed by atoms with Gasteiger partial charge < -0.3 is 15.3 Å². The van der Waals surface area contributed by atoms with Crippen LogP contribution in [0.5, 0.6) is 0 Å². The predicted molar refractivity (Wildman–Crippen MR) is 84.7 cm³/mol. The average Bonchev–Trinajstić information content (AvgIpc) is 2.37. The zero-order valence-electron chi connectivity index (χ0n) is 12.9. The van der Waals surface area contributed by atoms with Crippen LogP contribution in [0.2, 0.25) is 0 Å². The van der Waals surface area contributed by atoms with Gasteiger partial charge in [-0.25, -0.2) is 4.79 Å². The molecule has 120 valence electrons. The molecule has 2 aliphatic rings. The fraction of sp³-hybridized carbons (Fsp3) is 0.867. The van der Waals surface area contributed by atoms with Crippen molar-refractivity contribution >= 4 is 23.8 Å². The molecule has 2 unspecified atom stereocenters. The number of aliphatic carboxylic acids is 1. The molecule has 0 aromatic rings. The van der Waals surface area contributed by atoms with E-state index in [1.165, 1.54) is 0 Å². The van der Waals surface area contributed by atoms with Gasteiger partial charge in [-0.1, -0.05) is 33.1 Å². The Bertz CT molecular complexity index is 386. The number of rotatable bonds is 3. The Balaban J connectivity index is 2.01. The van der Waals surface area contributed by atoms with Gasteiger partial charge in [0.2, 0.25) is 0 Å². The predicted octanol–water partition coefficient (Wildman–Crippen LogP) is 2.70. The first-order chi connectivity index (χ1) is 9.90. The second kappa shape index (κ2) is 6.90. The van der Waals surface area contributed by atoms with Gasteiger partial charge in [0, 0.05) is 23.6 Å². The van der Waals surface area contributed by atoms with E-state index in [9.17, 15) is 14.7 Å². The highest BCUT2D eigenvalue weighted by Crippen LogP contribution is 2.32. The molecule has 0 spiro atoms. The lowest BCUT2D eigenvalue weighted by Crippen LogP contribution is -2.57. The van der Waals surface area contributed by atoms with E-state index in [0.29, 0.717) is 10.5 Å². The third-order valence-electron chi connectivity index (χ3n) is 4.38. The molecule has 21 heavy (non-hydrogen) atoms. The summed E-state index contributed by atoms with van der Waals surface area (Å²) in [5, 5.41) is 13.1. The summed E-state index contributed by atoms with van der Waals surface area (Å²) in [6.45, 7) is 5.75. The summed E-state index contributed by atoms with van der Waals surface area (Å²) < 4.78 is 0. The maximum absolute atomic E-state index is 12.6. The number of nitrogens with one attached hydrogen (secondary N) is 1. The quantitative estimate of drug-likeness (QED) is 0.840. The largest absolute Gasteiger partial charge is 0.481 e. The molecule has 2 N–H and O–H groups in total. The minimum atomic E-state index is -0.826. The molecular formula is C15H26N2O3S. The molecule has 1 saturated carbocycles. The van der Waals surface area contributed by atoms with Crippen LogP contribution in [0.25, 0.3) is 0 Å². The van der Waals surface area contributed by atoms with Gasteiger partial charge in [0.25, 0.3) is 0 Å². The smallest absolute Gasteiger partial charge is 0.317 e. The summed E-state index contributed by atoms with van der Waals surface area (Å²) in [6, 6.07) is -0.0860. The zero-order valence-corrected chi connectivity index (χ0v) is 13.7. The molecule has 0 aromatic carbocycles. The molecule has 2 rings (SSSR count). The van der Waals surface area contributed by atoms with E-state index in [0.717, 1.165) is 45.2 Å². The molecule has 2 fully saturated rings. The molecule has 6 heteroatoms. The SMILES string of the molecule is CC1CN(C(=O)NC2(CC(=O)O)CCCCC2)CC(C)S1. The number of nitrogens with zero attached hydrogens (tertiary/aromatic N) is 1. The molecule has 1 aliphatic heterocycles. The topological polar surface area (TPSA) is 69.6 Å². The number of carbonyl (C=O) groups is 2. The highest BCUT2D eigenvalue weighted by Gasteiger charge is 2.37. The van der Waals surface area contributed by atoms with Crippen LogP contribution < -0.4 is 5.32 Å². The van der Waals surface area contributed by atoms with Crippen molar-refractivity contribution in [2.75, 3.05) is 13.1 Å². The normalized spacial score (nSPS) is 29.0. The number of carbonyl (C=O) groups excluding carboxylic acids is 1. The first-order valence-corrected chi connectivity index (χ1v) is 8.79. The number of amides is 2. The van der Waals surface area contributed by atoms with Gasteiger partial charge in [-0.15, -0.1) is 0 Å². The van der Waals surface area contributed by atoms with E-state index in [1.807, 2.05) is 16.7 Å². The number of hydrogen-bond donors (Lipinski definition) is 2. The van der Waals surface area contributed by atoms with Crippen LogP contribution in [0.3, 0.4) is 0 Å². The van der Waals surface area contributed by atoms with E-state index in [-0.39, 0.29) is 12.5 Å². The van der Waals surface area contributed by atoms with Crippen LogP contribution in [-0.4, -0.2) is 51.1 Å². The number of urea groups is 1. The Morgan fingerprint density at radius 2 is 1.76 bits per heavy atom. The average molecular weight is 314 g/mol. The molecule has 1 aliphatic carbocycles. The summed E-state index contributed by atoms with van der Waals surface area (Å²) in [6.07, 6.45) is 4.71. The summed E-state index contributed by atoms with van der Waals surface area (Å²) in [4.78, 5) is 25.6. The van der Waals surface area contributed by atoms with Crippen molar-refractivity contribution < 1.29 is 14.7 Å². The molecule has 2 amide bonds. The zero-order chi connectivity index (χ0) is 15.5. The number of carboxylic acids is 1. The van der Waals surface area contributed by atoms with E-state index in [2.05, 4.69) is 19.2 Å². The fourth-order valence-corrected chi connectivity index (χ4v) is 4.84. The van der Waals surface area contributed by atoms with Crippen molar-refractivity contribution in [1.29, 1.82) is 0 Å². The highest BCUT2D eigenvalue weighted by atomic mass is 32.2. The monoisotopic (exact) mass is 314 g/mol. The van der Waals surface area contributed by atoms with Gasteiger partial charge in [-0.2, -0.15) is 11.8 Å². The van der Waals surface area contributed by atoms with Gasteiger partial charge in [0.15, 0.2) is 0 Å². The van der Waals surface area contributed by atoms with Crippen molar-refractivity contribution in [3.05, 3.63) is 0 Å². The number of thioether (sulfide) groups is 1. The number of carboxylic acid groups (broad SMARTS) is 1. The van der Waals surface area contributed by atoms with Gasteiger partial charge in [-0.3, -0.25) is 4.79 Å². The Morgan fingerprint density at radius 3 is 2.29 bits per heavy atom. The minimum absolute atomic E-state index is 0.0342. The maximum atomic E-state index is 12.6. The number of hydrogen-bond acceptors (Lipinski definition) is 3. The molecule has 0 radical (unpaired) electrons. The fourth-order valence-electron chi connectivity index (χ4n) is 3.51. The lowest BCUT2D eigenvalue weighted by atomic mass is 9.79. The second-order valence-corrected chi connectivity index (χ2v) is 8.39. The van der Waals surface area contributed by atoms with E-state index in [1.54, 1.807) is 0 Å². The van der Waals surface area contributed by atoms with E-state index < -0.39 is 11.5 Å². The highest BCUT2D eigenvalue weighted by molar-refractivity contribution is 8.00. The Hall–Kier alpha value is -0.910. The Morgan fingerprint density at radius 1 is 1.19 bits per heavy atom. The van der Waals surface area contributed by atoms with Crippen molar-refractivity contribution in [2.45, 2.75) is 68.4 Å². The van der Waals surface area contributed by atoms with Crippen LogP contribution in [0.4, 0.5) is 4.79 Å². The summed E-state index contributed by atoms with van der Waals surface area (Å²) in [7, 11) is 0. The first kappa shape index (κ1) is 16.5. The molecule has 5 nitrogen and oxygen atoms in total. The lowest BCUT2D eigenvalue weighted by molar-refractivity contribution is -0.139.